The van der Waals surface area contributed by atoms with Gasteiger partial charge in [-0.15, -0.1) is 0 Å². The molecule has 3 rings (SSSR count). The van der Waals surface area contributed by atoms with Crippen molar-refractivity contribution in [3.8, 4) is 0 Å². The van der Waals surface area contributed by atoms with Gasteiger partial charge in [0.15, 0.2) is 0 Å². The lowest BCUT2D eigenvalue weighted by molar-refractivity contribution is 0.192. The fourth-order valence-corrected chi connectivity index (χ4v) is 3.39. The summed E-state index contributed by atoms with van der Waals surface area (Å²) in [6.07, 6.45) is 6.52. The average molecular weight is 244 g/mol. The number of hydrogen-bond donors (Lipinski definition) is 1. The first kappa shape index (κ1) is 12.2. The van der Waals surface area contributed by atoms with Crippen LogP contribution in [0.3, 0.4) is 0 Å². The fraction of sp³-hybridized carbons (Fsp3) is 0.625. The van der Waals surface area contributed by atoms with Crippen molar-refractivity contribution >= 4 is 0 Å². The van der Waals surface area contributed by atoms with Gasteiger partial charge in [-0.25, -0.2) is 0 Å². The van der Waals surface area contributed by atoms with Gasteiger partial charge < -0.3 is 5.32 Å². The molecule has 2 heteroatoms. The second-order valence-corrected chi connectivity index (χ2v) is 5.85. The molecular formula is C16H24N2. The lowest BCUT2D eigenvalue weighted by atomic mass is 10.0. The van der Waals surface area contributed by atoms with Crippen molar-refractivity contribution in [2.24, 2.45) is 0 Å². The van der Waals surface area contributed by atoms with E-state index in [4.69, 9.17) is 0 Å². The number of piperidine rings is 1. The molecule has 98 valence electrons. The second kappa shape index (κ2) is 5.41. The minimum Gasteiger partial charge on any atom is -0.317 e. The predicted molar refractivity (Wildman–Crippen MR) is 75.8 cm³/mol. The first-order valence-electron chi connectivity index (χ1n) is 7.34. The van der Waals surface area contributed by atoms with Crippen LogP contribution in [0.4, 0.5) is 0 Å². The summed E-state index contributed by atoms with van der Waals surface area (Å²) in [7, 11) is 2.28. The van der Waals surface area contributed by atoms with E-state index in [1.165, 1.54) is 50.8 Å². The smallest absolute Gasteiger partial charge is 0.0233 e. The zero-order valence-electron chi connectivity index (χ0n) is 11.4. The molecule has 1 aromatic carbocycles. The van der Waals surface area contributed by atoms with Gasteiger partial charge in [0.1, 0.15) is 0 Å². The summed E-state index contributed by atoms with van der Waals surface area (Å²) in [4.78, 5) is 2.54. The van der Waals surface area contributed by atoms with Crippen LogP contribution in [0.15, 0.2) is 18.2 Å². The fourth-order valence-electron chi connectivity index (χ4n) is 3.39. The highest BCUT2D eigenvalue weighted by molar-refractivity contribution is 5.35. The maximum absolute atomic E-state index is 3.44. The normalized spacial score (nSPS) is 20.3. The van der Waals surface area contributed by atoms with Gasteiger partial charge in [-0.2, -0.15) is 0 Å². The van der Waals surface area contributed by atoms with Crippen LogP contribution in [0.5, 0.6) is 0 Å². The minimum atomic E-state index is 0.763. The van der Waals surface area contributed by atoms with E-state index in [-0.39, 0.29) is 0 Å². The maximum Gasteiger partial charge on any atom is 0.0233 e. The molecule has 0 atom stereocenters. The summed E-state index contributed by atoms with van der Waals surface area (Å²) in [6, 6.07) is 7.90. The number of nitrogens with zero attached hydrogens (tertiary/aromatic N) is 1. The van der Waals surface area contributed by atoms with E-state index in [9.17, 15) is 0 Å². The first-order valence-corrected chi connectivity index (χ1v) is 7.34. The number of fused-ring (bicyclic) bond motifs is 1. The predicted octanol–water partition coefficient (Wildman–Crippen LogP) is 2.36. The van der Waals surface area contributed by atoms with Crippen LogP contribution in [0.2, 0.25) is 0 Å². The van der Waals surface area contributed by atoms with E-state index in [0.29, 0.717) is 0 Å². The number of nitrogens with one attached hydrogen (secondary N) is 1. The van der Waals surface area contributed by atoms with Gasteiger partial charge in [0, 0.05) is 12.6 Å². The van der Waals surface area contributed by atoms with E-state index >= 15 is 0 Å². The van der Waals surface area contributed by atoms with E-state index < -0.39 is 0 Å². The molecule has 0 saturated carbocycles. The van der Waals surface area contributed by atoms with Gasteiger partial charge in [-0.3, -0.25) is 4.90 Å². The standard InChI is InChI=1S/C16H24N2/c1-18(16-7-9-17-10-8-16)12-13-5-6-14-3-2-4-15(14)11-13/h5-6,11,16-17H,2-4,7-10,12H2,1H3. The molecule has 1 heterocycles. The molecular weight excluding hydrogens is 220 g/mol. The van der Waals surface area contributed by atoms with Gasteiger partial charge in [0.05, 0.1) is 0 Å². The molecule has 0 spiro atoms. The average Bonchev–Trinajstić information content (AvgIpc) is 2.87. The SMILES string of the molecule is CN(Cc1ccc2c(c1)CCC2)C1CCNCC1. The van der Waals surface area contributed by atoms with Crippen LogP contribution >= 0.6 is 0 Å². The molecule has 0 radical (unpaired) electrons. The maximum atomic E-state index is 3.44. The van der Waals surface area contributed by atoms with Crippen LogP contribution < -0.4 is 5.32 Å². The largest absolute Gasteiger partial charge is 0.317 e. The third kappa shape index (κ3) is 2.60. The molecule has 1 fully saturated rings. The van der Waals surface area contributed by atoms with Gasteiger partial charge in [-0.1, -0.05) is 18.2 Å². The summed E-state index contributed by atoms with van der Waals surface area (Å²) >= 11 is 0. The summed E-state index contributed by atoms with van der Waals surface area (Å²) in [5.41, 5.74) is 4.69. The first-order chi connectivity index (χ1) is 8.83. The Morgan fingerprint density at radius 2 is 1.94 bits per heavy atom. The highest BCUT2D eigenvalue weighted by Gasteiger charge is 2.18. The molecule has 1 aromatic rings. The summed E-state index contributed by atoms with van der Waals surface area (Å²) in [6.45, 7) is 3.47. The van der Waals surface area contributed by atoms with Crippen LogP contribution in [0.25, 0.3) is 0 Å². The van der Waals surface area contributed by atoms with Crippen LogP contribution in [-0.2, 0) is 19.4 Å². The molecule has 0 aromatic heterocycles. The highest BCUT2D eigenvalue weighted by atomic mass is 15.1. The minimum absolute atomic E-state index is 0.763. The number of hydrogen-bond acceptors (Lipinski definition) is 2. The van der Waals surface area contributed by atoms with Crippen LogP contribution in [0, 0.1) is 0 Å². The number of benzene rings is 1. The van der Waals surface area contributed by atoms with E-state index in [2.05, 4.69) is 35.5 Å². The lowest BCUT2D eigenvalue weighted by Crippen LogP contribution is -2.40. The Hall–Kier alpha value is -0.860. The molecule has 0 amide bonds. The zero-order chi connectivity index (χ0) is 12.4. The van der Waals surface area contributed by atoms with Crippen molar-refractivity contribution in [2.75, 3.05) is 20.1 Å². The van der Waals surface area contributed by atoms with Gasteiger partial charge in [0.25, 0.3) is 0 Å². The Bertz CT molecular complexity index is 408. The lowest BCUT2D eigenvalue weighted by Gasteiger charge is -2.31. The molecule has 0 unspecified atom stereocenters. The number of aryl methyl sites for hydroxylation is 2. The molecule has 2 aliphatic rings. The summed E-state index contributed by atoms with van der Waals surface area (Å²) in [5.74, 6) is 0. The Kier molecular flexibility index (Phi) is 3.67. The molecule has 1 saturated heterocycles. The quantitative estimate of drug-likeness (QED) is 0.878. The molecule has 18 heavy (non-hydrogen) atoms. The summed E-state index contributed by atoms with van der Waals surface area (Å²) < 4.78 is 0. The van der Waals surface area contributed by atoms with Crippen molar-refractivity contribution < 1.29 is 0 Å². The molecule has 1 aliphatic heterocycles. The Morgan fingerprint density at radius 3 is 2.78 bits per heavy atom. The third-order valence-corrected chi connectivity index (χ3v) is 4.53. The van der Waals surface area contributed by atoms with Crippen molar-refractivity contribution in [2.45, 2.75) is 44.7 Å². The second-order valence-electron chi connectivity index (χ2n) is 5.85. The van der Waals surface area contributed by atoms with Gasteiger partial charge in [0.2, 0.25) is 0 Å². The van der Waals surface area contributed by atoms with Crippen LogP contribution in [0.1, 0.15) is 36.0 Å². The van der Waals surface area contributed by atoms with Gasteiger partial charge >= 0.3 is 0 Å². The topological polar surface area (TPSA) is 15.3 Å². The van der Waals surface area contributed by atoms with Crippen molar-refractivity contribution in [1.29, 1.82) is 0 Å². The van der Waals surface area contributed by atoms with Crippen LogP contribution in [-0.4, -0.2) is 31.1 Å². The molecule has 1 aliphatic carbocycles. The highest BCUT2D eigenvalue weighted by Crippen LogP contribution is 2.24. The van der Waals surface area contributed by atoms with E-state index in [0.717, 1.165) is 12.6 Å². The van der Waals surface area contributed by atoms with Gasteiger partial charge in [-0.05, 0) is 68.9 Å². The third-order valence-electron chi connectivity index (χ3n) is 4.53. The van der Waals surface area contributed by atoms with Crippen molar-refractivity contribution in [3.05, 3.63) is 34.9 Å². The van der Waals surface area contributed by atoms with E-state index in [1.807, 2.05) is 0 Å². The molecule has 2 nitrogen and oxygen atoms in total. The Labute approximate surface area is 110 Å². The monoisotopic (exact) mass is 244 g/mol. The van der Waals surface area contributed by atoms with Crippen molar-refractivity contribution in [3.63, 3.8) is 0 Å². The summed E-state index contributed by atoms with van der Waals surface area (Å²) in [5, 5.41) is 3.44. The Morgan fingerprint density at radius 1 is 1.17 bits per heavy atom. The molecule has 0 bridgehead atoms. The van der Waals surface area contributed by atoms with E-state index in [1.54, 1.807) is 11.1 Å². The Balaban J connectivity index is 1.64. The zero-order valence-corrected chi connectivity index (χ0v) is 11.4. The molecule has 1 N–H and O–H groups in total. The van der Waals surface area contributed by atoms with Crippen molar-refractivity contribution in [1.82, 2.24) is 10.2 Å². The number of rotatable bonds is 3.